The van der Waals surface area contributed by atoms with E-state index in [0.717, 1.165) is 12.1 Å². The summed E-state index contributed by atoms with van der Waals surface area (Å²) in [6.45, 7) is 6.75. The minimum Gasteiger partial charge on any atom is -0.463 e. The number of hydrogen-bond donors (Lipinski definition) is 2. The molecule has 2 aromatic heterocycles. The molecule has 2 rings (SSSR count). The van der Waals surface area contributed by atoms with Crippen LogP contribution in [0.4, 0.5) is 0 Å². The number of hydrogen-bond acceptors (Lipinski definition) is 3. The van der Waals surface area contributed by atoms with Crippen LogP contribution in [-0.2, 0) is 0 Å². The first-order valence-corrected chi connectivity index (χ1v) is 6.46. The molecule has 0 bridgehead atoms. The molecule has 5 heteroatoms. The van der Waals surface area contributed by atoms with Gasteiger partial charge in [-0.05, 0) is 31.4 Å². The Hall–Kier alpha value is -2.04. The van der Waals surface area contributed by atoms with Crippen molar-refractivity contribution in [2.24, 2.45) is 5.92 Å². The lowest BCUT2D eigenvalue weighted by molar-refractivity contribution is 0.0952. The number of nitrogens with zero attached hydrogens (tertiary/aromatic N) is 1. The third-order valence-corrected chi connectivity index (χ3v) is 2.94. The Morgan fingerprint density at radius 2 is 2.32 bits per heavy atom. The first-order valence-electron chi connectivity index (χ1n) is 6.46. The molecule has 2 N–H and O–H groups in total. The van der Waals surface area contributed by atoms with E-state index >= 15 is 0 Å². The van der Waals surface area contributed by atoms with Gasteiger partial charge in [0.2, 0.25) is 0 Å². The molecule has 5 nitrogen and oxygen atoms in total. The number of amides is 1. The summed E-state index contributed by atoms with van der Waals surface area (Å²) in [5.74, 6) is 1.05. The Bertz CT molecular complexity index is 541. The van der Waals surface area contributed by atoms with E-state index in [4.69, 9.17) is 4.42 Å². The maximum absolute atomic E-state index is 12.2. The summed E-state index contributed by atoms with van der Waals surface area (Å²) in [5, 5.41) is 9.90. The molecule has 102 valence electrons. The largest absolute Gasteiger partial charge is 0.463 e. The highest BCUT2D eigenvalue weighted by molar-refractivity contribution is 6.00. The number of aromatic amines is 1. The van der Waals surface area contributed by atoms with Gasteiger partial charge in [-0.25, -0.2) is 0 Å². The Balaban J connectivity index is 2.15. The molecule has 0 radical (unpaired) electrons. The maximum atomic E-state index is 12.2. The fourth-order valence-electron chi connectivity index (χ4n) is 1.86. The predicted octanol–water partition coefficient (Wildman–Crippen LogP) is 2.75. The molecule has 0 fully saturated rings. The van der Waals surface area contributed by atoms with Gasteiger partial charge < -0.3 is 9.73 Å². The molecule has 0 atom stereocenters. The summed E-state index contributed by atoms with van der Waals surface area (Å²) in [7, 11) is 0. The van der Waals surface area contributed by atoms with Crippen LogP contribution in [0.15, 0.2) is 22.8 Å². The minimum absolute atomic E-state index is 0.113. The molecule has 2 heterocycles. The average Bonchev–Trinajstić information content (AvgIpc) is 2.96. The van der Waals surface area contributed by atoms with Crippen LogP contribution < -0.4 is 5.32 Å². The summed E-state index contributed by atoms with van der Waals surface area (Å²) in [6.07, 6.45) is 2.53. The number of aromatic nitrogens is 2. The van der Waals surface area contributed by atoms with Crippen molar-refractivity contribution < 1.29 is 9.21 Å². The number of H-pyrrole nitrogens is 1. The molecule has 0 saturated carbocycles. The van der Waals surface area contributed by atoms with Crippen molar-refractivity contribution in [1.29, 1.82) is 0 Å². The van der Waals surface area contributed by atoms with Gasteiger partial charge in [0, 0.05) is 12.2 Å². The second-order valence-electron chi connectivity index (χ2n) is 4.99. The van der Waals surface area contributed by atoms with Crippen LogP contribution in [0.5, 0.6) is 0 Å². The zero-order valence-electron chi connectivity index (χ0n) is 11.5. The molecule has 0 aliphatic rings. The lowest BCUT2D eigenvalue weighted by Crippen LogP contribution is -2.26. The van der Waals surface area contributed by atoms with Crippen molar-refractivity contribution in [3.63, 3.8) is 0 Å². The number of carbonyl (C=O) groups excluding carboxylic acids is 1. The Morgan fingerprint density at radius 3 is 2.95 bits per heavy atom. The number of furan rings is 1. The average molecular weight is 261 g/mol. The highest BCUT2D eigenvalue weighted by atomic mass is 16.3. The Morgan fingerprint density at radius 1 is 1.53 bits per heavy atom. The van der Waals surface area contributed by atoms with Crippen molar-refractivity contribution >= 4 is 5.91 Å². The van der Waals surface area contributed by atoms with Gasteiger partial charge in [-0.1, -0.05) is 13.8 Å². The van der Waals surface area contributed by atoms with Gasteiger partial charge in [0.1, 0.15) is 5.69 Å². The van der Waals surface area contributed by atoms with Crippen molar-refractivity contribution in [2.75, 3.05) is 6.54 Å². The van der Waals surface area contributed by atoms with E-state index < -0.39 is 0 Å². The zero-order chi connectivity index (χ0) is 13.8. The highest BCUT2D eigenvalue weighted by Gasteiger charge is 2.20. The maximum Gasteiger partial charge on any atom is 0.255 e. The van der Waals surface area contributed by atoms with E-state index in [2.05, 4.69) is 29.4 Å². The second-order valence-corrected chi connectivity index (χ2v) is 4.99. The number of aryl methyl sites for hydroxylation is 1. The summed E-state index contributed by atoms with van der Waals surface area (Å²) in [4.78, 5) is 12.2. The lowest BCUT2D eigenvalue weighted by atomic mass is 10.1. The van der Waals surface area contributed by atoms with Gasteiger partial charge in [-0.2, -0.15) is 5.10 Å². The fraction of sp³-hybridized carbons (Fsp3) is 0.429. The van der Waals surface area contributed by atoms with E-state index in [0.29, 0.717) is 29.5 Å². The SMILES string of the molecule is Cc1[nH]nc(-c2ccco2)c1C(=O)NCCC(C)C. The summed E-state index contributed by atoms with van der Waals surface area (Å²) in [5.41, 5.74) is 1.86. The van der Waals surface area contributed by atoms with Crippen LogP contribution in [0.3, 0.4) is 0 Å². The summed E-state index contributed by atoms with van der Waals surface area (Å²) >= 11 is 0. The van der Waals surface area contributed by atoms with Crippen LogP contribution in [0.2, 0.25) is 0 Å². The van der Waals surface area contributed by atoms with E-state index in [1.807, 2.05) is 6.92 Å². The van der Waals surface area contributed by atoms with Gasteiger partial charge in [0.15, 0.2) is 5.76 Å². The molecular weight excluding hydrogens is 242 g/mol. The van der Waals surface area contributed by atoms with Crippen molar-refractivity contribution in [3.05, 3.63) is 29.7 Å². The summed E-state index contributed by atoms with van der Waals surface area (Å²) in [6, 6.07) is 3.57. The van der Waals surface area contributed by atoms with E-state index in [1.54, 1.807) is 18.4 Å². The third-order valence-electron chi connectivity index (χ3n) is 2.94. The first kappa shape index (κ1) is 13.4. The highest BCUT2D eigenvalue weighted by Crippen LogP contribution is 2.23. The molecule has 0 aliphatic heterocycles. The van der Waals surface area contributed by atoms with Crippen molar-refractivity contribution in [3.8, 4) is 11.5 Å². The number of nitrogens with one attached hydrogen (secondary N) is 2. The molecule has 0 spiro atoms. The van der Waals surface area contributed by atoms with Gasteiger partial charge in [0.25, 0.3) is 5.91 Å². The van der Waals surface area contributed by atoms with Gasteiger partial charge in [-0.15, -0.1) is 0 Å². The third kappa shape index (κ3) is 3.05. The molecule has 0 aliphatic carbocycles. The van der Waals surface area contributed by atoms with Crippen LogP contribution >= 0.6 is 0 Å². The number of carbonyl (C=O) groups is 1. The van der Waals surface area contributed by atoms with E-state index in [9.17, 15) is 4.79 Å². The molecule has 2 aromatic rings. The Kier molecular flexibility index (Phi) is 4.04. The van der Waals surface area contributed by atoms with E-state index in [1.165, 1.54) is 0 Å². The standard InChI is InChI=1S/C14H19N3O2/c1-9(2)6-7-15-14(18)12-10(3)16-17-13(12)11-5-4-8-19-11/h4-5,8-9H,6-7H2,1-3H3,(H,15,18)(H,16,17). The fourth-order valence-corrected chi connectivity index (χ4v) is 1.86. The first-order chi connectivity index (χ1) is 9.09. The van der Waals surface area contributed by atoms with Gasteiger partial charge in [0.05, 0.1) is 11.8 Å². The summed E-state index contributed by atoms with van der Waals surface area (Å²) < 4.78 is 5.30. The minimum atomic E-state index is -0.113. The topological polar surface area (TPSA) is 70.9 Å². The van der Waals surface area contributed by atoms with Gasteiger partial charge >= 0.3 is 0 Å². The lowest BCUT2D eigenvalue weighted by Gasteiger charge is -2.07. The normalized spacial score (nSPS) is 10.9. The number of rotatable bonds is 5. The quantitative estimate of drug-likeness (QED) is 0.869. The van der Waals surface area contributed by atoms with Gasteiger partial charge in [-0.3, -0.25) is 9.89 Å². The Labute approximate surface area is 112 Å². The zero-order valence-corrected chi connectivity index (χ0v) is 11.5. The monoisotopic (exact) mass is 261 g/mol. The molecule has 0 aromatic carbocycles. The van der Waals surface area contributed by atoms with Crippen molar-refractivity contribution in [1.82, 2.24) is 15.5 Å². The van der Waals surface area contributed by atoms with Crippen LogP contribution in [0.1, 0.15) is 36.3 Å². The van der Waals surface area contributed by atoms with Crippen molar-refractivity contribution in [2.45, 2.75) is 27.2 Å². The predicted molar refractivity (Wildman–Crippen MR) is 72.8 cm³/mol. The van der Waals surface area contributed by atoms with Crippen LogP contribution in [-0.4, -0.2) is 22.6 Å². The van der Waals surface area contributed by atoms with Crippen LogP contribution in [0.25, 0.3) is 11.5 Å². The smallest absolute Gasteiger partial charge is 0.255 e. The molecule has 1 amide bonds. The molecule has 19 heavy (non-hydrogen) atoms. The van der Waals surface area contributed by atoms with E-state index in [-0.39, 0.29) is 5.91 Å². The second kappa shape index (κ2) is 5.73. The van der Waals surface area contributed by atoms with Crippen LogP contribution in [0, 0.1) is 12.8 Å². The molecule has 0 unspecified atom stereocenters. The molecule has 0 saturated heterocycles. The molecular formula is C14H19N3O2.